The Balaban J connectivity index is 0.00000208. The zero-order chi connectivity index (χ0) is 16.1. The lowest BCUT2D eigenvalue weighted by Gasteiger charge is -2.15. The number of aryl methyl sites for hydroxylation is 1. The smallest absolute Gasteiger partial charge is 0.191 e. The van der Waals surface area contributed by atoms with E-state index in [1.54, 1.807) is 13.3 Å². The monoisotopic (exact) mass is 441 g/mol. The van der Waals surface area contributed by atoms with Gasteiger partial charge in [-0.25, -0.2) is 0 Å². The van der Waals surface area contributed by atoms with Gasteiger partial charge in [-0.05, 0) is 43.5 Å². The van der Waals surface area contributed by atoms with Gasteiger partial charge in [-0.2, -0.15) is 0 Å². The second kappa shape index (κ2) is 8.96. The minimum Gasteiger partial charge on any atom is -0.485 e. The molecular formula is C18H24IN3O2. The van der Waals surface area contributed by atoms with Crippen LogP contribution in [0.3, 0.4) is 0 Å². The molecule has 2 aromatic rings. The maximum atomic E-state index is 5.93. The van der Waals surface area contributed by atoms with Gasteiger partial charge in [0.05, 0.1) is 6.26 Å². The summed E-state index contributed by atoms with van der Waals surface area (Å²) in [5, 5.41) is 6.72. The van der Waals surface area contributed by atoms with E-state index >= 15 is 0 Å². The predicted molar refractivity (Wildman–Crippen MR) is 106 cm³/mol. The van der Waals surface area contributed by atoms with Crippen LogP contribution in [0.1, 0.15) is 29.7 Å². The van der Waals surface area contributed by atoms with E-state index in [4.69, 9.17) is 9.15 Å². The van der Waals surface area contributed by atoms with E-state index in [-0.39, 0.29) is 24.0 Å². The van der Waals surface area contributed by atoms with Crippen molar-refractivity contribution in [2.45, 2.75) is 39.0 Å². The zero-order valence-electron chi connectivity index (χ0n) is 14.0. The maximum Gasteiger partial charge on any atom is 0.191 e. The summed E-state index contributed by atoms with van der Waals surface area (Å²) < 4.78 is 11.2. The van der Waals surface area contributed by atoms with E-state index in [1.807, 2.05) is 12.1 Å². The molecule has 2 N–H and O–H groups in total. The summed E-state index contributed by atoms with van der Waals surface area (Å²) in [4.78, 5) is 4.26. The fourth-order valence-corrected chi connectivity index (χ4v) is 2.28. The van der Waals surface area contributed by atoms with Crippen molar-refractivity contribution in [2.24, 2.45) is 4.99 Å². The molecule has 0 unspecified atom stereocenters. The summed E-state index contributed by atoms with van der Waals surface area (Å²) in [5.41, 5.74) is 2.27. The van der Waals surface area contributed by atoms with Crippen LogP contribution in [0.5, 0.6) is 5.75 Å². The summed E-state index contributed by atoms with van der Waals surface area (Å²) in [6.07, 6.45) is 4.11. The van der Waals surface area contributed by atoms with E-state index in [1.165, 1.54) is 18.4 Å². The third-order valence-electron chi connectivity index (χ3n) is 3.76. The molecule has 0 aliphatic heterocycles. The minimum atomic E-state index is 0. The largest absolute Gasteiger partial charge is 0.485 e. The van der Waals surface area contributed by atoms with Crippen LogP contribution in [-0.2, 0) is 13.2 Å². The molecule has 0 radical (unpaired) electrons. The van der Waals surface area contributed by atoms with Crippen LogP contribution in [0.25, 0.3) is 0 Å². The molecule has 0 saturated heterocycles. The number of hydrogen-bond acceptors (Lipinski definition) is 3. The van der Waals surface area contributed by atoms with Gasteiger partial charge in [0, 0.05) is 25.2 Å². The summed E-state index contributed by atoms with van der Waals surface area (Å²) >= 11 is 0. The predicted octanol–water partition coefficient (Wildman–Crippen LogP) is 3.61. The molecule has 1 fully saturated rings. The first kappa shape index (κ1) is 18.6. The lowest BCUT2D eigenvalue weighted by atomic mass is 10.1. The highest BCUT2D eigenvalue weighted by Crippen LogP contribution is 2.22. The molecule has 0 atom stereocenters. The molecule has 1 aromatic heterocycles. The molecule has 1 aliphatic carbocycles. The molecular weight excluding hydrogens is 417 g/mol. The first-order chi connectivity index (χ1) is 11.2. The lowest BCUT2D eigenvalue weighted by molar-refractivity contribution is 0.267. The standard InChI is InChI=1S/C18H23N3O2.HI/c1-13-5-6-14(11-20-18(19-2)21-15-7-8-15)17(10-13)23-12-16-4-3-9-22-16;/h3-6,9-10,15H,7-8,11-12H2,1-2H3,(H2,19,20,21);1H. The van der Waals surface area contributed by atoms with Gasteiger partial charge in [-0.3, -0.25) is 4.99 Å². The molecule has 0 amide bonds. The molecule has 5 nitrogen and oxygen atoms in total. The van der Waals surface area contributed by atoms with Crippen molar-refractivity contribution in [3.05, 3.63) is 53.5 Å². The van der Waals surface area contributed by atoms with Crippen molar-refractivity contribution in [3.63, 3.8) is 0 Å². The maximum absolute atomic E-state index is 5.93. The summed E-state index contributed by atoms with van der Waals surface area (Å²) in [6, 6.07) is 10.6. The normalized spacial score (nSPS) is 14.0. The van der Waals surface area contributed by atoms with Gasteiger partial charge in [-0.15, -0.1) is 24.0 Å². The van der Waals surface area contributed by atoms with Gasteiger partial charge >= 0.3 is 0 Å². The first-order valence-electron chi connectivity index (χ1n) is 7.96. The van der Waals surface area contributed by atoms with Crippen LogP contribution < -0.4 is 15.4 Å². The summed E-state index contributed by atoms with van der Waals surface area (Å²) in [6.45, 7) is 3.16. The molecule has 6 heteroatoms. The Kier molecular flexibility index (Phi) is 6.96. The first-order valence-corrected chi connectivity index (χ1v) is 7.96. The Hall–Kier alpha value is -1.70. The molecule has 3 rings (SSSR count). The second-order valence-corrected chi connectivity index (χ2v) is 5.82. The van der Waals surface area contributed by atoms with Crippen molar-refractivity contribution < 1.29 is 9.15 Å². The van der Waals surface area contributed by atoms with Crippen molar-refractivity contribution in [3.8, 4) is 5.75 Å². The number of aliphatic imine (C=N–C) groups is 1. The van der Waals surface area contributed by atoms with Gasteiger partial charge in [0.2, 0.25) is 0 Å². The number of rotatable bonds is 6. The van der Waals surface area contributed by atoms with Crippen LogP contribution >= 0.6 is 24.0 Å². The quantitative estimate of drug-likeness (QED) is 0.409. The van der Waals surface area contributed by atoms with Crippen LogP contribution in [0.2, 0.25) is 0 Å². The number of benzene rings is 1. The fraction of sp³-hybridized carbons (Fsp3) is 0.389. The van der Waals surface area contributed by atoms with Gasteiger partial charge in [0.15, 0.2) is 5.96 Å². The highest BCUT2D eigenvalue weighted by atomic mass is 127. The Bertz CT molecular complexity index is 667. The molecule has 1 heterocycles. The fourth-order valence-electron chi connectivity index (χ4n) is 2.28. The van der Waals surface area contributed by atoms with E-state index in [0.29, 0.717) is 19.2 Å². The number of furan rings is 1. The number of guanidine groups is 1. The van der Waals surface area contributed by atoms with Crippen molar-refractivity contribution >= 4 is 29.9 Å². The van der Waals surface area contributed by atoms with Crippen molar-refractivity contribution in [2.75, 3.05) is 7.05 Å². The SMILES string of the molecule is CN=C(NCc1ccc(C)cc1OCc1ccco1)NC1CC1.I. The number of nitrogens with one attached hydrogen (secondary N) is 2. The van der Waals surface area contributed by atoms with Gasteiger partial charge in [0.25, 0.3) is 0 Å². The van der Waals surface area contributed by atoms with Gasteiger partial charge in [-0.1, -0.05) is 12.1 Å². The van der Waals surface area contributed by atoms with Crippen LogP contribution in [0.15, 0.2) is 46.0 Å². The summed E-state index contributed by atoms with van der Waals surface area (Å²) in [5.74, 6) is 2.53. The lowest BCUT2D eigenvalue weighted by Crippen LogP contribution is -2.38. The Labute approximate surface area is 159 Å². The highest BCUT2D eigenvalue weighted by molar-refractivity contribution is 14.0. The van der Waals surface area contributed by atoms with Crippen LogP contribution in [0.4, 0.5) is 0 Å². The minimum absolute atomic E-state index is 0. The molecule has 0 bridgehead atoms. The topological polar surface area (TPSA) is 58.8 Å². The van der Waals surface area contributed by atoms with Crippen molar-refractivity contribution in [1.29, 1.82) is 0 Å². The number of hydrogen-bond donors (Lipinski definition) is 2. The van der Waals surface area contributed by atoms with Gasteiger partial charge < -0.3 is 19.8 Å². The number of nitrogens with zero attached hydrogens (tertiary/aromatic N) is 1. The van der Waals surface area contributed by atoms with E-state index in [2.05, 4.69) is 40.7 Å². The van der Waals surface area contributed by atoms with Crippen molar-refractivity contribution in [1.82, 2.24) is 10.6 Å². The highest BCUT2D eigenvalue weighted by Gasteiger charge is 2.22. The molecule has 130 valence electrons. The average molecular weight is 441 g/mol. The van der Waals surface area contributed by atoms with E-state index in [0.717, 1.165) is 23.0 Å². The molecule has 1 aliphatic rings. The summed E-state index contributed by atoms with van der Waals surface area (Å²) in [7, 11) is 1.79. The Morgan fingerprint density at radius 3 is 2.83 bits per heavy atom. The van der Waals surface area contributed by atoms with Crippen LogP contribution in [-0.4, -0.2) is 19.0 Å². The second-order valence-electron chi connectivity index (χ2n) is 5.82. The molecule has 1 saturated carbocycles. The average Bonchev–Trinajstić information content (AvgIpc) is 3.22. The zero-order valence-corrected chi connectivity index (χ0v) is 16.4. The van der Waals surface area contributed by atoms with E-state index in [9.17, 15) is 0 Å². The third kappa shape index (κ3) is 5.43. The number of ether oxygens (including phenoxy) is 1. The molecule has 1 aromatic carbocycles. The number of halogens is 1. The van der Waals surface area contributed by atoms with Gasteiger partial charge in [0.1, 0.15) is 18.1 Å². The van der Waals surface area contributed by atoms with E-state index < -0.39 is 0 Å². The molecule has 24 heavy (non-hydrogen) atoms. The third-order valence-corrected chi connectivity index (χ3v) is 3.76. The Morgan fingerprint density at radius 2 is 2.17 bits per heavy atom. The molecule has 0 spiro atoms. The van der Waals surface area contributed by atoms with Crippen LogP contribution in [0, 0.1) is 6.92 Å². The Morgan fingerprint density at radius 1 is 1.33 bits per heavy atom.